The number of carbonyl (C=O) groups is 1. The molecule has 1 atom stereocenters. The van der Waals surface area contributed by atoms with E-state index in [9.17, 15) is 18.3 Å². The Morgan fingerprint density at radius 1 is 1.16 bits per heavy atom. The Bertz CT molecular complexity index is 1750. The Hall–Kier alpha value is -2.74. The van der Waals surface area contributed by atoms with Crippen molar-refractivity contribution in [3.05, 3.63) is 92.0 Å². The second kappa shape index (κ2) is 11.6. The molecule has 2 N–H and O–H groups in total. The summed E-state index contributed by atoms with van der Waals surface area (Å²) in [6.45, 7) is 13.7. The van der Waals surface area contributed by atoms with Crippen LogP contribution in [0.1, 0.15) is 53.5 Å². The summed E-state index contributed by atoms with van der Waals surface area (Å²) in [6.07, 6.45) is 4.42. The number of ketones is 1. The summed E-state index contributed by atoms with van der Waals surface area (Å²) in [7, 11) is -6.15. The maximum Gasteiger partial charge on any atom is 0.268 e. The molecule has 2 aliphatic rings. The van der Waals surface area contributed by atoms with Gasteiger partial charge in [-0.05, 0) is 102 Å². The number of carbonyl (C=O) groups excluding carboxylic acids is 1. The number of aromatic nitrogens is 1. The smallest absolute Gasteiger partial charge is 0.268 e. The zero-order valence-corrected chi connectivity index (χ0v) is 29.3. The lowest BCUT2D eigenvalue weighted by atomic mass is 9.92. The molecule has 0 unspecified atom stereocenters. The largest absolute Gasteiger partial charge is 0.507 e. The summed E-state index contributed by atoms with van der Waals surface area (Å²) in [5.41, 5.74) is 4.33. The number of allylic oxidation sites excluding steroid dienone is 2. The minimum Gasteiger partial charge on any atom is -0.507 e. The van der Waals surface area contributed by atoms with Crippen LogP contribution in [0.4, 0.5) is 0 Å². The van der Waals surface area contributed by atoms with Crippen LogP contribution in [0.5, 0.6) is 5.75 Å². The van der Waals surface area contributed by atoms with E-state index in [1.54, 1.807) is 42.6 Å². The van der Waals surface area contributed by atoms with Crippen LogP contribution in [0.2, 0.25) is 18.1 Å². The Balaban J connectivity index is 1.52. The SMILES string of the molecule is Cc1ccc(S(=O)(=O)n2cc3c4c2C(=O)C(N[C@H](CO[Si](C)(C)C(C)(C)C)Cc2ccc(O)c(I)c2)=CC4=NCC3)cc1. The summed E-state index contributed by atoms with van der Waals surface area (Å²) in [5, 5.41) is 13.5. The monoisotopic (exact) mass is 731 g/mol. The fraction of sp³-hybridized carbons (Fsp3) is 0.375. The molecule has 8 nitrogen and oxygen atoms in total. The summed E-state index contributed by atoms with van der Waals surface area (Å²) in [5.74, 6) is -0.179. The van der Waals surface area contributed by atoms with E-state index in [0.29, 0.717) is 37.3 Å². The second-order valence-corrected chi connectivity index (χ2v) is 20.6. The number of nitrogens with one attached hydrogen (secondary N) is 1. The standard InChI is InChI=1S/C32H38IN3O5SSi/c1-20-7-10-24(11-8-20)42(39,40)36-18-22-13-14-34-26-17-27(31(38)30(36)29(22)26)35-23(19-41-43(5,6)32(2,3)4)15-21-9-12-28(37)25(33)16-21/h7-12,16-18,23,35,37H,13-15,19H2,1-6H3/t23-/m0/s1. The number of nitrogens with zero attached hydrogens (tertiary/aromatic N) is 2. The number of hydrogen-bond acceptors (Lipinski definition) is 7. The number of hydrogen-bond donors (Lipinski definition) is 2. The first-order chi connectivity index (χ1) is 20.1. The van der Waals surface area contributed by atoms with Crippen molar-refractivity contribution in [2.45, 2.75) is 69.6 Å². The molecular formula is C32H38IN3O5SSi. The molecule has 0 radical (unpaired) electrons. The molecule has 11 heteroatoms. The quantitative estimate of drug-likeness (QED) is 0.207. The lowest BCUT2D eigenvalue weighted by Crippen LogP contribution is -2.46. The lowest BCUT2D eigenvalue weighted by molar-refractivity contribution is 0.101. The highest BCUT2D eigenvalue weighted by Crippen LogP contribution is 2.37. The molecule has 228 valence electrons. The number of aliphatic imine (C=N–C) groups is 1. The molecule has 2 heterocycles. The predicted molar refractivity (Wildman–Crippen MR) is 180 cm³/mol. The Morgan fingerprint density at radius 3 is 2.51 bits per heavy atom. The third kappa shape index (κ3) is 6.27. The summed E-state index contributed by atoms with van der Waals surface area (Å²) in [4.78, 5) is 19.0. The Morgan fingerprint density at radius 2 is 1.86 bits per heavy atom. The molecule has 5 rings (SSSR count). The van der Waals surface area contributed by atoms with E-state index in [4.69, 9.17) is 4.43 Å². The van der Waals surface area contributed by atoms with E-state index in [1.807, 2.05) is 19.1 Å². The summed E-state index contributed by atoms with van der Waals surface area (Å²) < 4.78 is 36.2. The first-order valence-corrected chi connectivity index (χ1v) is 19.8. The van der Waals surface area contributed by atoms with Gasteiger partial charge in [0, 0.05) is 18.3 Å². The maximum absolute atomic E-state index is 14.2. The molecule has 0 bridgehead atoms. The van der Waals surface area contributed by atoms with Gasteiger partial charge < -0.3 is 14.8 Å². The molecule has 0 fully saturated rings. The van der Waals surface area contributed by atoms with Crippen molar-refractivity contribution in [1.29, 1.82) is 0 Å². The minimum absolute atomic E-state index is 0.00130. The van der Waals surface area contributed by atoms with Gasteiger partial charge in [-0.3, -0.25) is 9.79 Å². The molecule has 3 aromatic rings. The third-order valence-electron chi connectivity index (χ3n) is 8.59. The van der Waals surface area contributed by atoms with Gasteiger partial charge in [0.1, 0.15) is 11.4 Å². The van der Waals surface area contributed by atoms with Crippen molar-refractivity contribution in [3.63, 3.8) is 0 Å². The molecule has 1 aliphatic carbocycles. The average molecular weight is 732 g/mol. The number of aromatic hydroxyl groups is 1. The van der Waals surface area contributed by atoms with Crippen molar-refractivity contribution in [1.82, 2.24) is 9.29 Å². The fourth-order valence-electron chi connectivity index (χ4n) is 5.02. The van der Waals surface area contributed by atoms with E-state index < -0.39 is 24.1 Å². The number of benzene rings is 2. The van der Waals surface area contributed by atoms with Crippen molar-refractivity contribution in [2.24, 2.45) is 4.99 Å². The number of Topliss-reactive ketones (excluding diaryl/α,β-unsaturated/α-hetero) is 1. The van der Waals surface area contributed by atoms with Gasteiger partial charge in [0.2, 0.25) is 5.78 Å². The van der Waals surface area contributed by atoms with Gasteiger partial charge in [0.15, 0.2) is 8.32 Å². The highest BCUT2D eigenvalue weighted by Gasteiger charge is 2.39. The van der Waals surface area contributed by atoms with Crippen molar-refractivity contribution >= 4 is 52.4 Å². The summed E-state index contributed by atoms with van der Waals surface area (Å²) in [6, 6.07) is 11.8. The van der Waals surface area contributed by atoms with Crippen LogP contribution in [-0.4, -0.2) is 56.5 Å². The van der Waals surface area contributed by atoms with Crippen LogP contribution >= 0.6 is 22.6 Å². The minimum atomic E-state index is -4.03. The van der Waals surface area contributed by atoms with Crippen LogP contribution in [-0.2, 0) is 27.3 Å². The number of aryl methyl sites for hydroxylation is 1. The summed E-state index contributed by atoms with van der Waals surface area (Å²) >= 11 is 2.10. The number of rotatable bonds is 9. The molecular weight excluding hydrogens is 693 g/mol. The van der Waals surface area contributed by atoms with Gasteiger partial charge in [0.25, 0.3) is 10.0 Å². The zero-order chi connectivity index (χ0) is 31.3. The Kier molecular flexibility index (Phi) is 8.57. The molecule has 43 heavy (non-hydrogen) atoms. The second-order valence-electron chi connectivity index (χ2n) is 12.8. The van der Waals surface area contributed by atoms with Crippen LogP contribution in [0.25, 0.3) is 0 Å². The van der Waals surface area contributed by atoms with Crippen LogP contribution in [0, 0.1) is 10.5 Å². The van der Waals surface area contributed by atoms with Gasteiger partial charge in [-0.1, -0.05) is 44.5 Å². The molecule has 0 amide bonds. The van der Waals surface area contributed by atoms with E-state index in [2.05, 4.69) is 66.8 Å². The number of halogens is 1. The van der Waals surface area contributed by atoms with Crippen molar-refractivity contribution < 1.29 is 22.7 Å². The van der Waals surface area contributed by atoms with Crippen molar-refractivity contribution in [3.8, 4) is 5.75 Å². The topological polar surface area (TPSA) is 110 Å². The highest BCUT2D eigenvalue weighted by molar-refractivity contribution is 14.1. The van der Waals surface area contributed by atoms with E-state index in [0.717, 1.165) is 24.2 Å². The lowest BCUT2D eigenvalue weighted by Gasteiger charge is -2.37. The molecule has 0 saturated heterocycles. The Labute approximate surface area is 268 Å². The average Bonchev–Trinajstić information content (AvgIpc) is 3.34. The zero-order valence-electron chi connectivity index (χ0n) is 25.4. The van der Waals surface area contributed by atoms with Crippen LogP contribution in [0.3, 0.4) is 0 Å². The molecule has 0 saturated carbocycles. The van der Waals surface area contributed by atoms with E-state index in [-0.39, 0.29) is 33.1 Å². The number of phenols is 1. The third-order valence-corrected chi connectivity index (χ3v) is 15.6. The molecule has 2 aromatic carbocycles. The van der Waals surface area contributed by atoms with Gasteiger partial charge >= 0.3 is 0 Å². The van der Waals surface area contributed by atoms with E-state index >= 15 is 0 Å². The van der Waals surface area contributed by atoms with Crippen molar-refractivity contribution in [2.75, 3.05) is 13.2 Å². The van der Waals surface area contributed by atoms with E-state index in [1.165, 1.54) is 0 Å². The first-order valence-electron chi connectivity index (χ1n) is 14.3. The molecule has 0 spiro atoms. The predicted octanol–water partition coefficient (Wildman–Crippen LogP) is 5.99. The van der Waals surface area contributed by atoms with Gasteiger partial charge in [-0.2, -0.15) is 0 Å². The molecule has 1 aliphatic heterocycles. The molecule has 1 aromatic heterocycles. The van der Waals surface area contributed by atoms with Gasteiger partial charge in [-0.25, -0.2) is 12.4 Å². The fourth-order valence-corrected chi connectivity index (χ4v) is 8.04. The maximum atomic E-state index is 14.2. The van der Waals surface area contributed by atoms with Crippen LogP contribution < -0.4 is 5.32 Å². The van der Waals surface area contributed by atoms with Gasteiger partial charge in [0.05, 0.1) is 32.5 Å². The number of phenolic OH excluding ortho intramolecular Hbond substituents is 1. The normalized spacial score (nSPS) is 15.9. The van der Waals surface area contributed by atoms with Crippen LogP contribution in [0.15, 0.2) is 70.3 Å². The first kappa shape index (κ1) is 31.7. The highest BCUT2D eigenvalue weighted by atomic mass is 127. The van der Waals surface area contributed by atoms with Gasteiger partial charge in [-0.15, -0.1) is 0 Å².